The van der Waals surface area contributed by atoms with Crippen molar-refractivity contribution >= 4 is 28.3 Å². The molecule has 0 aliphatic heterocycles. The summed E-state index contributed by atoms with van der Waals surface area (Å²) in [5.41, 5.74) is 3.89. The Morgan fingerprint density at radius 1 is 1.10 bits per heavy atom. The maximum Gasteiger partial charge on any atom is 0.169 e. The molecule has 0 bridgehead atoms. The van der Waals surface area contributed by atoms with Crippen LogP contribution in [-0.4, -0.2) is 10.8 Å². The zero-order valence-electron chi connectivity index (χ0n) is 11.8. The normalized spacial score (nSPS) is 11.0. The number of hydrogen-bond acceptors (Lipinski definition) is 1. The molecule has 0 atom stereocenters. The molecule has 0 aliphatic carbocycles. The second-order valence-corrected chi connectivity index (χ2v) is 5.49. The zero-order chi connectivity index (χ0) is 14.8. The van der Waals surface area contributed by atoms with E-state index in [-0.39, 0.29) is 5.78 Å². The van der Waals surface area contributed by atoms with Crippen LogP contribution in [0.2, 0.25) is 5.02 Å². The first-order chi connectivity index (χ1) is 10.2. The number of benzene rings is 2. The van der Waals surface area contributed by atoms with Crippen molar-refractivity contribution in [2.45, 2.75) is 19.8 Å². The highest BCUT2D eigenvalue weighted by Gasteiger charge is 2.15. The number of nitrogens with one attached hydrogen (secondary N) is 1. The number of aryl methyl sites for hydroxylation is 1. The second-order valence-electron chi connectivity index (χ2n) is 5.09. The average molecular weight is 298 g/mol. The van der Waals surface area contributed by atoms with Crippen molar-refractivity contribution in [2.24, 2.45) is 0 Å². The highest BCUT2D eigenvalue weighted by atomic mass is 35.5. The molecule has 106 valence electrons. The molecule has 2 nitrogen and oxygen atoms in total. The van der Waals surface area contributed by atoms with E-state index in [1.54, 1.807) is 0 Å². The van der Waals surface area contributed by atoms with Gasteiger partial charge in [0, 0.05) is 34.1 Å². The van der Waals surface area contributed by atoms with E-state index in [4.69, 9.17) is 11.6 Å². The minimum absolute atomic E-state index is 0.0857. The maximum absolute atomic E-state index is 12.6. The molecular formula is C18H16ClNO. The Morgan fingerprint density at radius 3 is 2.62 bits per heavy atom. The summed E-state index contributed by atoms with van der Waals surface area (Å²) in [6.07, 6.45) is 3.07. The standard InChI is InChI=1S/C18H16ClNO/c1-2-12-7-5-8-14-15(11-20-18(12)14)17(21)10-13-6-3-4-9-16(13)19/h3-9,11,20H,2,10H2,1H3. The number of H-pyrrole nitrogens is 1. The third-order valence-corrected chi connectivity index (χ3v) is 4.16. The highest BCUT2D eigenvalue weighted by molar-refractivity contribution is 6.31. The molecule has 3 heteroatoms. The third-order valence-electron chi connectivity index (χ3n) is 3.79. The van der Waals surface area contributed by atoms with E-state index in [0.717, 1.165) is 28.5 Å². The Labute approximate surface area is 128 Å². The Morgan fingerprint density at radius 2 is 1.86 bits per heavy atom. The quantitative estimate of drug-likeness (QED) is 0.689. The molecular weight excluding hydrogens is 282 g/mol. The molecule has 3 aromatic rings. The number of Topliss-reactive ketones (excluding diaryl/α,β-unsaturated/α-hetero) is 1. The lowest BCUT2D eigenvalue weighted by Gasteiger charge is -2.03. The largest absolute Gasteiger partial charge is 0.360 e. The van der Waals surface area contributed by atoms with Gasteiger partial charge in [-0.25, -0.2) is 0 Å². The topological polar surface area (TPSA) is 32.9 Å². The Hall–Kier alpha value is -2.06. The fourth-order valence-corrected chi connectivity index (χ4v) is 2.85. The molecule has 0 unspecified atom stereocenters. The smallest absolute Gasteiger partial charge is 0.169 e. The van der Waals surface area contributed by atoms with Crippen LogP contribution in [0.5, 0.6) is 0 Å². The lowest BCUT2D eigenvalue weighted by molar-refractivity contribution is 0.0994. The molecule has 21 heavy (non-hydrogen) atoms. The van der Waals surface area contributed by atoms with Crippen LogP contribution < -0.4 is 0 Å². The number of hydrogen-bond donors (Lipinski definition) is 1. The van der Waals surface area contributed by atoms with Crippen molar-refractivity contribution < 1.29 is 4.79 Å². The van der Waals surface area contributed by atoms with Crippen LogP contribution in [0.1, 0.15) is 28.4 Å². The minimum atomic E-state index is 0.0857. The van der Waals surface area contributed by atoms with Crippen LogP contribution in [0.15, 0.2) is 48.7 Å². The van der Waals surface area contributed by atoms with Crippen molar-refractivity contribution in [1.29, 1.82) is 0 Å². The van der Waals surface area contributed by atoms with Crippen molar-refractivity contribution in [3.63, 3.8) is 0 Å². The summed E-state index contributed by atoms with van der Waals surface area (Å²) in [7, 11) is 0. The summed E-state index contributed by atoms with van der Waals surface area (Å²) in [5.74, 6) is 0.0857. The molecule has 1 N–H and O–H groups in total. The molecule has 1 aromatic heterocycles. The lowest BCUT2D eigenvalue weighted by atomic mass is 10.0. The SMILES string of the molecule is CCc1cccc2c(C(=O)Cc3ccccc3Cl)c[nH]c12. The molecule has 3 rings (SSSR count). The van der Waals surface area contributed by atoms with Crippen molar-refractivity contribution in [3.8, 4) is 0 Å². The molecule has 0 radical (unpaired) electrons. The minimum Gasteiger partial charge on any atom is -0.360 e. The van der Waals surface area contributed by atoms with E-state index in [9.17, 15) is 4.79 Å². The van der Waals surface area contributed by atoms with Gasteiger partial charge in [-0.05, 0) is 23.6 Å². The first-order valence-corrected chi connectivity index (χ1v) is 7.44. The number of carbonyl (C=O) groups excluding carboxylic acids is 1. The molecule has 0 saturated carbocycles. The van der Waals surface area contributed by atoms with Crippen molar-refractivity contribution in [2.75, 3.05) is 0 Å². The van der Waals surface area contributed by atoms with Crippen LogP contribution in [0.3, 0.4) is 0 Å². The number of halogens is 1. The van der Waals surface area contributed by atoms with Crippen LogP contribution in [0.25, 0.3) is 10.9 Å². The Balaban J connectivity index is 1.97. The fourth-order valence-electron chi connectivity index (χ4n) is 2.65. The van der Waals surface area contributed by atoms with Crippen LogP contribution in [0, 0.1) is 0 Å². The van der Waals surface area contributed by atoms with E-state index >= 15 is 0 Å². The van der Waals surface area contributed by atoms with Gasteiger partial charge in [0.15, 0.2) is 5.78 Å². The first-order valence-electron chi connectivity index (χ1n) is 7.06. The first kappa shape index (κ1) is 13.9. The monoisotopic (exact) mass is 297 g/mol. The van der Waals surface area contributed by atoms with Gasteiger partial charge in [0.1, 0.15) is 0 Å². The van der Waals surface area contributed by atoms with E-state index in [0.29, 0.717) is 11.4 Å². The van der Waals surface area contributed by atoms with Gasteiger partial charge in [-0.15, -0.1) is 0 Å². The maximum atomic E-state index is 12.6. The molecule has 1 heterocycles. The van der Waals surface area contributed by atoms with Gasteiger partial charge < -0.3 is 4.98 Å². The Bertz CT molecular complexity index is 804. The predicted molar refractivity (Wildman–Crippen MR) is 87.2 cm³/mol. The summed E-state index contributed by atoms with van der Waals surface area (Å²) < 4.78 is 0. The number of aromatic nitrogens is 1. The number of carbonyl (C=O) groups is 1. The summed E-state index contributed by atoms with van der Waals surface area (Å²) in [6, 6.07) is 13.6. The highest BCUT2D eigenvalue weighted by Crippen LogP contribution is 2.24. The van der Waals surface area contributed by atoms with Gasteiger partial charge >= 0.3 is 0 Å². The summed E-state index contributed by atoms with van der Waals surface area (Å²) in [6.45, 7) is 2.11. The lowest BCUT2D eigenvalue weighted by Crippen LogP contribution is -2.03. The van der Waals surface area contributed by atoms with E-state index in [1.807, 2.05) is 42.6 Å². The van der Waals surface area contributed by atoms with Gasteiger partial charge in [-0.3, -0.25) is 4.79 Å². The van der Waals surface area contributed by atoms with Gasteiger partial charge in [-0.1, -0.05) is 54.9 Å². The fraction of sp³-hybridized carbons (Fsp3) is 0.167. The average Bonchev–Trinajstić information content (AvgIpc) is 2.93. The van der Waals surface area contributed by atoms with Crippen molar-refractivity contribution in [3.05, 3.63) is 70.4 Å². The van der Waals surface area contributed by atoms with Gasteiger partial charge in [0.25, 0.3) is 0 Å². The molecule has 0 aliphatic rings. The summed E-state index contributed by atoms with van der Waals surface area (Å²) >= 11 is 6.14. The molecule has 0 spiro atoms. The van der Waals surface area contributed by atoms with Crippen LogP contribution >= 0.6 is 11.6 Å². The molecule has 0 fully saturated rings. The number of rotatable bonds is 4. The molecule has 0 saturated heterocycles. The van der Waals surface area contributed by atoms with Gasteiger partial charge in [0.2, 0.25) is 0 Å². The number of fused-ring (bicyclic) bond motifs is 1. The molecule has 0 amide bonds. The van der Waals surface area contributed by atoms with Crippen LogP contribution in [-0.2, 0) is 12.8 Å². The van der Waals surface area contributed by atoms with Crippen molar-refractivity contribution in [1.82, 2.24) is 4.98 Å². The second kappa shape index (κ2) is 5.74. The summed E-state index contributed by atoms with van der Waals surface area (Å²) in [4.78, 5) is 15.8. The number of aromatic amines is 1. The number of para-hydroxylation sites is 1. The van der Waals surface area contributed by atoms with Gasteiger partial charge in [-0.2, -0.15) is 0 Å². The third kappa shape index (κ3) is 2.59. The number of ketones is 1. The van der Waals surface area contributed by atoms with Gasteiger partial charge in [0.05, 0.1) is 0 Å². The van der Waals surface area contributed by atoms with E-state index < -0.39 is 0 Å². The predicted octanol–water partition coefficient (Wildman–Crippen LogP) is 4.81. The van der Waals surface area contributed by atoms with E-state index in [1.165, 1.54) is 5.56 Å². The van der Waals surface area contributed by atoms with Crippen LogP contribution in [0.4, 0.5) is 0 Å². The van der Waals surface area contributed by atoms with E-state index in [2.05, 4.69) is 18.0 Å². The summed E-state index contributed by atoms with van der Waals surface area (Å²) in [5, 5.41) is 1.63. The zero-order valence-corrected chi connectivity index (χ0v) is 12.6. The Kier molecular flexibility index (Phi) is 3.80. The molecule has 2 aromatic carbocycles.